The fraction of sp³-hybridized carbons (Fsp3) is 0.423. The van der Waals surface area contributed by atoms with Crippen LogP contribution >= 0.6 is 0 Å². The van der Waals surface area contributed by atoms with Crippen molar-refractivity contribution in [2.24, 2.45) is 0 Å². The number of para-hydroxylation sites is 2. The van der Waals surface area contributed by atoms with E-state index in [4.69, 9.17) is 4.74 Å². The van der Waals surface area contributed by atoms with Crippen LogP contribution in [0.5, 0.6) is 0 Å². The number of nitriles is 1. The molecule has 2 aromatic heterocycles. The van der Waals surface area contributed by atoms with Crippen molar-refractivity contribution in [2.45, 2.75) is 71.6 Å². The number of nitrogens with one attached hydrogen (secondary N) is 1. The molecule has 1 fully saturated rings. The monoisotopic (exact) mass is 503 g/mol. The molecular formula is C26H29N7O4. The zero-order valence-electron chi connectivity index (χ0n) is 21.5. The van der Waals surface area contributed by atoms with Gasteiger partial charge in [-0.2, -0.15) is 5.26 Å². The first kappa shape index (κ1) is 25.8. The Hall–Kier alpha value is -4.33. The van der Waals surface area contributed by atoms with Crippen LogP contribution in [0.15, 0.2) is 30.5 Å². The lowest BCUT2D eigenvalue weighted by Crippen LogP contribution is -2.47. The molecule has 2 atom stereocenters. The quantitative estimate of drug-likeness (QED) is 0.555. The van der Waals surface area contributed by atoms with Gasteiger partial charge in [-0.25, -0.2) is 24.6 Å². The summed E-state index contributed by atoms with van der Waals surface area (Å²) in [5, 5.41) is 12.7. The molecule has 3 amide bonds. The van der Waals surface area contributed by atoms with E-state index in [1.165, 1.54) is 6.20 Å². The van der Waals surface area contributed by atoms with Gasteiger partial charge in [-0.05, 0) is 58.7 Å². The molecule has 1 saturated heterocycles. The number of aryl methyl sites for hydroxylation is 2. The number of amides is 3. The first-order valence-corrected chi connectivity index (χ1v) is 12.1. The summed E-state index contributed by atoms with van der Waals surface area (Å²) >= 11 is 0. The first-order valence-electron chi connectivity index (χ1n) is 12.1. The zero-order chi connectivity index (χ0) is 26.9. The van der Waals surface area contributed by atoms with Crippen LogP contribution in [0.2, 0.25) is 0 Å². The molecule has 11 heteroatoms. The summed E-state index contributed by atoms with van der Waals surface area (Å²) in [4.78, 5) is 52.2. The average molecular weight is 504 g/mol. The smallest absolute Gasteiger partial charge is 0.417 e. The van der Waals surface area contributed by atoms with Gasteiger partial charge in [-0.15, -0.1) is 0 Å². The summed E-state index contributed by atoms with van der Waals surface area (Å²) in [5.74, 6) is -1.39. The highest BCUT2D eigenvalue weighted by atomic mass is 16.6. The average Bonchev–Trinajstić information content (AvgIpc) is 3.40. The van der Waals surface area contributed by atoms with Gasteiger partial charge in [-0.3, -0.25) is 14.9 Å². The van der Waals surface area contributed by atoms with Crippen molar-refractivity contribution in [1.82, 2.24) is 24.4 Å². The summed E-state index contributed by atoms with van der Waals surface area (Å²) in [6.07, 6.45) is 0.848. The lowest BCUT2D eigenvalue weighted by molar-refractivity contribution is -0.132. The molecule has 37 heavy (non-hydrogen) atoms. The number of nitrogens with zero attached hydrogens (tertiary/aromatic N) is 6. The summed E-state index contributed by atoms with van der Waals surface area (Å²) < 4.78 is 7.27. The Bertz CT molecular complexity index is 1420. The Kier molecular flexibility index (Phi) is 6.94. The summed E-state index contributed by atoms with van der Waals surface area (Å²) in [7, 11) is 0. The third-order valence-corrected chi connectivity index (χ3v) is 6.01. The highest BCUT2D eigenvalue weighted by Gasteiger charge is 2.42. The van der Waals surface area contributed by atoms with E-state index in [1.807, 2.05) is 35.8 Å². The lowest BCUT2D eigenvalue weighted by atomic mass is 10.0. The third kappa shape index (κ3) is 5.14. The Morgan fingerprint density at radius 2 is 2.00 bits per heavy atom. The van der Waals surface area contributed by atoms with Crippen LogP contribution in [0.3, 0.4) is 0 Å². The maximum absolute atomic E-state index is 13.1. The fourth-order valence-corrected chi connectivity index (χ4v) is 4.36. The highest BCUT2D eigenvalue weighted by Crippen LogP contribution is 2.29. The van der Waals surface area contributed by atoms with Crippen LogP contribution in [-0.4, -0.2) is 54.0 Å². The second kappa shape index (κ2) is 9.97. The van der Waals surface area contributed by atoms with E-state index in [9.17, 15) is 19.6 Å². The number of ether oxygens (including phenoxy) is 1. The molecule has 1 aliphatic rings. The van der Waals surface area contributed by atoms with Crippen molar-refractivity contribution in [3.05, 3.63) is 47.5 Å². The minimum atomic E-state index is -1.05. The predicted octanol–water partition coefficient (Wildman–Crippen LogP) is 3.67. The summed E-state index contributed by atoms with van der Waals surface area (Å²) in [6, 6.07) is 8.88. The van der Waals surface area contributed by atoms with Gasteiger partial charge in [0.25, 0.3) is 0 Å². The number of benzene rings is 1. The Morgan fingerprint density at radius 3 is 2.68 bits per heavy atom. The van der Waals surface area contributed by atoms with E-state index in [0.717, 1.165) is 15.9 Å². The molecule has 0 spiro atoms. The number of carbonyl (C=O) groups excluding carboxylic acids is 3. The largest absolute Gasteiger partial charge is 0.443 e. The van der Waals surface area contributed by atoms with Gasteiger partial charge in [0, 0.05) is 19.2 Å². The molecule has 3 heterocycles. The maximum Gasteiger partial charge on any atom is 0.417 e. The zero-order valence-corrected chi connectivity index (χ0v) is 21.5. The Balaban J connectivity index is 1.62. The number of anilines is 1. The number of rotatable bonds is 5. The second-order valence-electron chi connectivity index (χ2n) is 9.81. The molecule has 192 valence electrons. The molecule has 1 unspecified atom stereocenters. The third-order valence-electron chi connectivity index (χ3n) is 6.01. The van der Waals surface area contributed by atoms with Crippen LogP contribution in [0.25, 0.3) is 11.0 Å². The molecule has 0 aliphatic carbocycles. The van der Waals surface area contributed by atoms with Crippen LogP contribution in [0.4, 0.5) is 10.7 Å². The van der Waals surface area contributed by atoms with Gasteiger partial charge < -0.3 is 9.30 Å². The van der Waals surface area contributed by atoms with Gasteiger partial charge in [0.2, 0.25) is 17.8 Å². The molecule has 1 aliphatic heterocycles. The Morgan fingerprint density at radius 1 is 1.27 bits per heavy atom. The Labute approximate surface area is 214 Å². The fourth-order valence-electron chi connectivity index (χ4n) is 4.36. The molecular weight excluding hydrogens is 474 g/mol. The minimum absolute atomic E-state index is 0.0338. The summed E-state index contributed by atoms with van der Waals surface area (Å²) in [5.41, 5.74) is 1.92. The number of likely N-dealkylation sites (tertiary alicyclic amines) is 1. The molecule has 0 saturated carbocycles. The molecule has 1 aromatic carbocycles. The topological polar surface area (TPSA) is 143 Å². The van der Waals surface area contributed by atoms with Crippen molar-refractivity contribution in [2.75, 3.05) is 5.32 Å². The number of fused-ring (bicyclic) bond motifs is 1. The van der Waals surface area contributed by atoms with E-state index in [-0.39, 0.29) is 18.8 Å². The van der Waals surface area contributed by atoms with Crippen molar-refractivity contribution in [3.63, 3.8) is 0 Å². The van der Waals surface area contributed by atoms with Gasteiger partial charge in [-0.1, -0.05) is 12.1 Å². The molecule has 4 rings (SSSR count). The van der Waals surface area contributed by atoms with Crippen LogP contribution in [-0.2, 0) is 20.9 Å². The minimum Gasteiger partial charge on any atom is -0.443 e. The molecule has 11 nitrogen and oxygen atoms in total. The standard InChI is InChI=1S/C26H29N7O4/c1-6-32-18-10-8-7-9-17(18)29-22(32)16(13-27)21-15(2)14-28-24(30-21)31-23(35)19-11-12-20(34)33(19)25(36)37-26(3,4)5/h7-10,14,16,19H,6,11-12H2,1-5H3,(H,28,30,31,35)/t16?,19-/m0/s1. The van der Waals surface area contributed by atoms with Crippen molar-refractivity contribution >= 4 is 34.9 Å². The second-order valence-corrected chi connectivity index (χ2v) is 9.81. The van der Waals surface area contributed by atoms with Gasteiger partial charge in [0.05, 0.1) is 22.8 Å². The van der Waals surface area contributed by atoms with E-state index in [1.54, 1.807) is 27.7 Å². The number of imidazole rings is 1. The number of carbonyl (C=O) groups is 3. The van der Waals surface area contributed by atoms with E-state index < -0.39 is 35.5 Å². The van der Waals surface area contributed by atoms with Crippen molar-refractivity contribution in [3.8, 4) is 6.07 Å². The number of aromatic nitrogens is 4. The molecule has 3 aromatic rings. The van der Waals surface area contributed by atoms with E-state index in [0.29, 0.717) is 23.6 Å². The highest BCUT2D eigenvalue weighted by molar-refractivity contribution is 6.04. The molecule has 1 N–H and O–H groups in total. The van der Waals surface area contributed by atoms with E-state index in [2.05, 4.69) is 26.3 Å². The maximum atomic E-state index is 13.1. The van der Waals surface area contributed by atoms with Gasteiger partial charge >= 0.3 is 6.09 Å². The van der Waals surface area contributed by atoms with Crippen LogP contribution in [0.1, 0.15) is 63.5 Å². The van der Waals surface area contributed by atoms with E-state index >= 15 is 0 Å². The number of imide groups is 1. The van der Waals surface area contributed by atoms with Crippen LogP contribution in [0, 0.1) is 18.3 Å². The molecule has 0 bridgehead atoms. The lowest BCUT2D eigenvalue weighted by Gasteiger charge is -2.26. The first-order chi connectivity index (χ1) is 17.5. The van der Waals surface area contributed by atoms with Gasteiger partial charge in [0.15, 0.2) is 0 Å². The predicted molar refractivity (Wildman–Crippen MR) is 134 cm³/mol. The number of hydrogen-bond acceptors (Lipinski definition) is 8. The number of hydrogen-bond donors (Lipinski definition) is 1. The molecule has 0 radical (unpaired) electrons. The van der Waals surface area contributed by atoms with Crippen molar-refractivity contribution in [1.29, 1.82) is 5.26 Å². The van der Waals surface area contributed by atoms with Crippen molar-refractivity contribution < 1.29 is 19.1 Å². The van der Waals surface area contributed by atoms with Gasteiger partial charge in [0.1, 0.15) is 23.4 Å². The van der Waals surface area contributed by atoms with Crippen LogP contribution < -0.4 is 5.32 Å². The SMILES string of the molecule is CCn1c(C(C#N)c2nc(NC(=O)[C@@H]3CCC(=O)N3C(=O)OC(C)(C)C)ncc2C)nc2ccccc21. The summed E-state index contributed by atoms with van der Waals surface area (Å²) in [6.45, 7) is 9.41. The normalized spacial score (nSPS) is 16.5.